The van der Waals surface area contributed by atoms with Gasteiger partial charge >= 0.3 is 11.9 Å². The number of hydrogen-bond acceptors (Lipinski definition) is 7. The molecule has 3 rings (SSSR count). The third-order valence-corrected chi connectivity index (χ3v) is 4.08. The van der Waals surface area contributed by atoms with Crippen LogP contribution in [0.15, 0.2) is 30.5 Å². The fraction of sp³-hybridized carbons (Fsp3) is 0.167. The highest BCUT2D eigenvalue weighted by Crippen LogP contribution is 2.40. The molecule has 0 saturated carbocycles. The molecule has 0 bridgehead atoms. The van der Waals surface area contributed by atoms with Gasteiger partial charge in [-0.25, -0.2) is 9.97 Å². The van der Waals surface area contributed by atoms with Crippen LogP contribution in [0.3, 0.4) is 0 Å². The zero-order chi connectivity index (χ0) is 21.5. The lowest BCUT2D eigenvalue weighted by molar-refractivity contribution is -0.385. The number of halogens is 3. The van der Waals surface area contributed by atoms with Crippen LogP contribution in [0.1, 0.15) is 17.0 Å². The standard InChI is InChI=1S/C18H13F3N4O4/c1-8-5-11(18(19,20)21)15(9(2)23-8)17-22-4-3-12(24-17)10-6-13(25(28)29)16(27)14(26)7-10/h3-7,26-27H,1-2H3. The van der Waals surface area contributed by atoms with Gasteiger partial charge in [-0.2, -0.15) is 13.2 Å². The molecule has 150 valence electrons. The van der Waals surface area contributed by atoms with E-state index in [1.54, 1.807) is 0 Å². The van der Waals surface area contributed by atoms with Gasteiger partial charge in [0.15, 0.2) is 11.6 Å². The van der Waals surface area contributed by atoms with Crippen LogP contribution < -0.4 is 0 Å². The molecule has 2 aromatic heterocycles. The van der Waals surface area contributed by atoms with Crippen molar-refractivity contribution in [3.05, 3.63) is 57.5 Å². The zero-order valence-corrected chi connectivity index (χ0v) is 15.0. The lowest BCUT2D eigenvalue weighted by atomic mass is 10.0. The number of nitrogens with zero attached hydrogens (tertiary/aromatic N) is 4. The van der Waals surface area contributed by atoms with Gasteiger partial charge < -0.3 is 10.2 Å². The molecule has 0 radical (unpaired) electrons. The average Bonchev–Trinajstić information content (AvgIpc) is 2.62. The Balaban J connectivity index is 2.22. The molecule has 2 N–H and O–H groups in total. The average molecular weight is 406 g/mol. The number of pyridine rings is 1. The Morgan fingerprint density at radius 2 is 1.79 bits per heavy atom. The smallest absolute Gasteiger partial charge is 0.417 e. The van der Waals surface area contributed by atoms with Crippen molar-refractivity contribution in [3.63, 3.8) is 0 Å². The monoisotopic (exact) mass is 406 g/mol. The first-order chi connectivity index (χ1) is 13.5. The molecular weight excluding hydrogens is 393 g/mol. The third-order valence-electron chi connectivity index (χ3n) is 4.08. The van der Waals surface area contributed by atoms with Gasteiger partial charge in [-0.3, -0.25) is 15.1 Å². The van der Waals surface area contributed by atoms with E-state index in [-0.39, 0.29) is 34.0 Å². The molecule has 0 aliphatic rings. The second kappa shape index (κ2) is 7.00. The Morgan fingerprint density at radius 3 is 2.41 bits per heavy atom. The quantitative estimate of drug-likeness (QED) is 0.380. The molecule has 11 heteroatoms. The fourth-order valence-electron chi connectivity index (χ4n) is 2.87. The summed E-state index contributed by atoms with van der Waals surface area (Å²) in [5, 5.41) is 30.4. The van der Waals surface area contributed by atoms with Crippen molar-refractivity contribution in [2.45, 2.75) is 20.0 Å². The topological polar surface area (TPSA) is 122 Å². The van der Waals surface area contributed by atoms with Crippen molar-refractivity contribution >= 4 is 5.69 Å². The minimum absolute atomic E-state index is 0.0153. The summed E-state index contributed by atoms with van der Waals surface area (Å²) in [5.74, 6) is -1.97. The molecule has 0 fully saturated rings. The van der Waals surface area contributed by atoms with Crippen molar-refractivity contribution in [1.82, 2.24) is 15.0 Å². The first kappa shape index (κ1) is 20.0. The van der Waals surface area contributed by atoms with Crippen molar-refractivity contribution in [3.8, 4) is 34.1 Å². The van der Waals surface area contributed by atoms with Gasteiger partial charge in [-0.05, 0) is 32.0 Å². The maximum atomic E-state index is 13.5. The van der Waals surface area contributed by atoms with Gasteiger partial charge in [0.2, 0.25) is 5.75 Å². The molecule has 8 nitrogen and oxygen atoms in total. The number of hydrogen-bond donors (Lipinski definition) is 2. The van der Waals surface area contributed by atoms with Gasteiger partial charge in [-0.15, -0.1) is 0 Å². The summed E-state index contributed by atoms with van der Waals surface area (Å²) in [4.78, 5) is 22.2. The second-order valence-corrected chi connectivity index (χ2v) is 6.16. The number of rotatable bonds is 3. The number of aromatic nitrogens is 3. The van der Waals surface area contributed by atoms with Crippen molar-refractivity contribution in [1.29, 1.82) is 0 Å². The number of aromatic hydroxyl groups is 2. The maximum Gasteiger partial charge on any atom is 0.417 e. The highest BCUT2D eigenvalue weighted by molar-refractivity contribution is 5.72. The minimum Gasteiger partial charge on any atom is -0.504 e. The summed E-state index contributed by atoms with van der Waals surface area (Å²) >= 11 is 0. The van der Waals surface area contributed by atoms with Gasteiger partial charge in [0.1, 0.15) is 0 Å². The van der Waals surface area contributed by atoms with E-state index in [4.69, 9.17) is 0 Å². The molecule has 0 aliphatic carbocycles. The zero-order valence-electron chi connectivity index (χ0n) is 15.0. The molecule has 1 aromatic carbocycles. The first-order valence-corrected chi connectivity index (χ1v) is 8.08. The number of phenols is 2. The molecule has 0 saturated heterocycles. The van der Waals surface area contributed by atoms with Gasteiger partial charge in [-0.1, -0.05) is 0 Å². The lowest BCUT2D eigenvalue weighted by Crippen LogP contribution is -2.11. The normalized spacial score (nSPS) is 11.5. The Kier molecular flexibility index (Phi) is 4.83. The highest BCUT2D eigenvalue weighted by atomic mass is 19.4. The van der Waals surface area contributed by atoms with Gasteiger partial charge in [0, 0.05) is 29.2 Å². The summed E-state index contributed by atoms with van der Waals surface area (Å²) in [6.45, 7) is 2.83. The van der Waals surface area contributed by atoms with Crippen LogP contribution in [0.4, 0.5) is 18.9 Å². The molecule has 0 unspecified atom stereocenters. The Labute approximate surface area is 161 Å². The maximum absolute atomic E-state index is 13.5. The lowest BCUT2D eigenvalue weighted by Gasteiger charge is -2.15. The molecule has 0 aliphatic heterocycles. The van der Waals surface area contributed by atoms with Crippen LogP contribution in [0.2, 0.25) is 0 Å². The van der Waals surface area contributed by atoms with Crippen LogP contribution in [-0.4, -0.2) is 30.1 Å². The van der Waals surface area contributed by atoms with E-state index in [0.29, 0.717) is 0 Å². The van der Waals surface area contributed by atoms with Gasteiger partial charge in [0.25, 0.3) is 0 Å². The van der Waals surface area contributed by atoms with Crippen LogP contribution in [0.5, 0.6) is 11.5 Å². The summed E-state index contributed by atoms with van der Waals surface area (Å²) < 4.78 is 40.6. The SMILES string of the molecule is Cc1cc(C(F)(F)F)c(-c2nccc(-c3cc(O)c(O)c([N+](=O)[O-])c3)n2)c(C)n1. The van der Waals surface area contributed by atoms with E-state index in [2.05, 4.69) is 15.0 Å². The third kappa shape index (κ3) is 3.79. The summed E-state index contributed by atoms with van der Waals surface area (Å²) in [6.07, 6.45) is -3.49. The van der Waals surface area contributed by atoms with Crippen molar-refractivity contribution in [2.75, 3.05) is 0 Å². The van der Waals surface area contributed by atoms with E-state index in [1.807, 2.05) is 0 Å². The van der Waals surface area contributed by atoms with Crippen molar-refractivity contribution in [2.24, 2.45) is 0 Å². The van der Waals surface area contributed by atoms with E-state index in [1.165, 1.54) is 26.1 Å². The summed E-state index contributed by atoms with van der Waals surface area (Å²) in [7, 11) is 0. The number of aryl methyl sites for hydroxylation is 2. The van der Waals surface area contributed by atoms with Crippen LogP contribution >= 0.6 is 0 Å². The molecule has 3 aromatic rings. The molecule has 0 amide bonds. The fourth-order valence-corrected chi connectivity index (χ4v) is 2.87. The highest BCUT2D eigenvalue weighted by Gasteiger charge is 2.36. The Hall–Kier alpha value is -3.76. The number of phenolic OH excluding ortho intramolecular Hbond substituents is 2. The predicted octanol–water partition coefficient (Wildman–Crippen LogP) is 4.16. The second-order valence-electron chi connectivity index (χ2n) is 6.16. The van der Waals surface area contributed by atoms with Crippen molar-refractivity contribution < 1.29 is 28.3 Å². The molecule has 0 spiro atoms. The predicted molar refractivity (Wildman–Crippen MR) is 95.2 cm³/mol. The summed E-state index contributed by atoms with van der Waals surface area (Å²) in [6, 6.07) is 4.16. The molecular formula is C18H13F3N4O4. The van der Waals surface area contributed by atoms with Gasteiger partial charge in [0.05, 0.1) is 21.7 Å². The largest absolute Gasteiger partial charge is 0.504 e. The Bertz CT molecular complexity index is 1130. The first-order valence-electron chi connectivity index (χ1n) is 8.08. The van der Waals surface area contributed by atoms with E-state index in [0.717, 1.165) is 18.2 Å². The van der Waals surface area contributed by atoms with E-state index < -0.39 is 33.8 Å². The number of benzene rings is 1. The van der Waals surface area contributed by atoms with E-state index in [9.17, 15) is 33.5 Å². The number of nitro benzene ring substituents is 1. The van der Waals surface area contributed by atoms with E-state index >= 15 is 0 Å². The molecule has 0 atom stereocenters. The molecule has 29 heavy (non-hydrogen) atoms. The number of nitro groups is 1. The molecule has 2 heterocycles. The minimum atomic E-state index is -4.68. The summed E-state index contributed by atoms with van der Waals surface area (Å²) in [5.41, 5.74) is -1.78. The van der Waals surface area contributed by atoms with Crippen LogP contribution in [0, 0.1) is 24.0 Å². The number of alkyl halides is 3. The van der Waals surface area contributed by atoms with Crippen LogP contribution in [0.25, 0.3) is 22.6 Å². The van der Waals surface area contributed by atoms with Crippen LogP contribution in [-0.2, 0) is 6.18 Å². The Morgan fingerprint density at radius 1 is 1.10 bits per heavy atom.